The molecule has 2 saturated heterocycles. The van der Waals surface area contributed by atoms with Gasteiger partial charge in [0.1, 0.15) is 0 Å². The van der Waals surface area contributed by atoms with Gasteiger partial charge in [-0.3, -0.25) is 4.79 Å². The highest BCUT2D eigenvalue weighted by Crippen LogP contribution is 2.25. The topological polar surface area (TPSA) is 80.5 Å². The molecule has 3 heterocycles. The van der Waals surface area contributed by atoms with Crippen LogP contribution in [0.25, 0.3) is 11.4 Å². The van der Waals surface area contributed by atoms with Crippen LogP contribution < -0.4 is 10.2 Å². The molecule has 2 fully saturated rings. The second-order valence-electron chi connectivity index (χ2n) is 7.48. The van der Waals surface area contributed by atoms with Crippen LogP contribution in [0.15, 0.2) is 28.8 Å². The Morgan fingerprint density at radius 1 is 1.22 bits per heavy atom. The number of amides is 1. The van der Waals surface area contributed by atoms with Gasteiger partial charge in [-0.25, -0.2) is 0 Å². The fourth-order valence-corrected chi connectivity index (χ4v) is 3.61. The van der Waals surface area contributed by atoms with Gasteiger partial charge in [0.25, 0.3) is 0 Å². The third kappa shape index (κ3) is 4.30. The predicted octanol–water partition coefficient (Wildman–Crippen LogP) is 2.88. The number of hydrogen-bond donors (Lipinski definition) is 1. The number of aromatic nitrogens is 2. The van der Waals surface area contributed by atoms with E-state index < -0.39 is 0 Å². The number of anilines is 1. The van der Waals surface area contributed by atoms with E-state index in [1.807, 2.05) is 12.1 Å². The molecule has 1 atom stereocenters. The Kier molecular flexibility index (Phi) is 5.38. The van der Waals surface area contributed by atoms with Crippen LogP contribution in [0.4, 0.5) is 5.69 Å². The van der Waals surface area contributed by atoms with E-state index in [4.69, 9.17) is 9.26 Å². The summed E-state index contributed by atoms with van der Waals surface area (Å²) in [5.41, 5.74) is 2.05. The molecule has 1 N–H and O–H groups in total. The molecule has 27 heavy (non-hydrogen) atoms. The van der Waals surface area contributed by atoms with Crippen molar-refractivity contribution in [3.63, 3.8) is 0 Å². The Morgan fingerprint density at radius 2 is 2.00 bits per heavy atom. The summed E-state index contributed by atoms with van der Waals surface area (Å²) in [6, 6.07) is 8.12. The number of carbonyl (C=O) groups excluding carboxylic acids is 1. The molecule has 0 unspecified atom stereocenters. The number of piperidine rings is 1. The van der Waals surface area contributed by atoms with Crippen molar-refractivity contribution in [3.05, 3.63) is 30.2 Å². The van der Waals surface area contributed by atoms with Crippen LogP contribution in [0.5, 0.6) is 0 Å². The molecule has 7 heteroatoms. The van der Waals surface area contributed by atoms with Crippen molar-refractivity contribution in [2.45, 2.75) is 38.7 Å². The molecular weight excluding hydrogens is 344 g/mol. The summed E-state index contributed by atoms with van der Waals surface area (Å²) in [7, 11) is 0. The first kappa shape index (κ1) is 18.0. The third-order valence-electron chi connectivity index (χ3n) is 5.41. The van der Waals surface area contributed by atoms with Crippen LogP contribution in [0.2, 0.25) is 0 Å². The second-order valence-corrected chi connectivity index (χ2v) is 7.48. The zero-order chi connectivity index (χ0) is 18.6. The summed E-state index contributed by atoms with van der Waals surface area (Å²) in [6.45, 7) is 5.73. The summed E-state index contributed by atoms with van der Waals surface area (Å²) < 4.78 is 10.6. The summed E-state index contributed by atoms with van der Waals surface area (Å²) in [5, 5.41) is 6.74. The van der Waals surface area contributed by atoms with Gasteiger partial charge in [-0.05, 0) is 55.9 Å². The van der Waals surface area contributed by atoms with Crippen molar-refractivity contribution in [3.8, 4) is 11.4 Å². The fourth-order valence-electron chi connectivity index (χ4n) is 3.61. The zero-order valence-corrected chi connectivity index (χ0v) is 15.7. The molecule has 2 aliphatic heterocycles. The first-order chi connectivity index (χ1) is 13.2. The minimum atomic E-state index is -0.358. The van der Waals surface area contributed by atoms with Crippen molar-refractivity contribution in [1.29, 1.82) is 0 Å². The lowest BCUT2D eigenvalue weighted by atomic mass is 9.98. The standard InChI is InChI=1S/C20H26N4O3/c1-14-8-10-24(11-9-14)16-6-4-15(5-7-16)18-22-20(27-23-18)19(25)21-13-17-3-2-12-26-17/h4-7,14,17H,2-3,8-13H2,1H3,(H,21,25)/t17-/m0/s1. The fraction of sp³-hybridized carbons (Fsp3) is 0.550. The minimum absolute atomic E-state index is 0.0166. The molecule has 1 aromatic carbocycles. The average molecular weight is 370 g/mol. The van der Waals surface area contributed by atoms with Gasteiger partial charge in [0.2, 0.25) is 5.82 Å². The Hall–Kier alpha value is -2.41. The van der Waals surface area contributed by atoms with E-state index in [1.54, 1.807) is 0 Å². The van der Waals surface area contributed by atoms with Crippen LogP contribution in [0, 0.1) is 5.92 Å². The van der Waals surface area contributed by atoms with Crippen molar-refractivity contribution in [2.75, 3.05) is 31.1 Å². The van der Waals surface area contributed by atoms with Gasteiger partial charge < -0.3 is 19.5 Å². The first-order valence-electron chi connectivity index (χ1n) is 9.78. The lowest BCUT2D eigenvalue weighted by Crippen LogP contribution is -2.32. The number of rotatable bonds is 5. The minimum Gasteiger partial charge on any atom is -0.376 e. The Morgan fingerprint density at radius 3 is 2.70 bits per heavy atom. The van der Waals surface area contributed by atoms with Crippen LogP contribution in [0.3, 0.4) is 0 Å². The van der Waals surface area contributed by atoms with Gasteiger partial charge in [0, 0.05) is 37.5 Å². The van der Waals surface area contributed by atoms with E-state index in [0.29, 0.717) is 12.4 Å². The molecule has 1 amide bonds. The molecule has 0 radical (unpaired) electrons. The van der Waals surface area contributed by atoms with Crippen molar-refractivity contribution >= 4 is 11.6 Å². The van der Waals surface area contributed by atoms with Crippen LogP contribution in [0.1, 0.15) is 43.3 Å². The highest BCUT2D eigenvalue weighted by molar-refractivity contribution is 5.89. The van der Waals surface area contributed by atoms with Gasteiger partial charge >= 0.3 is 11.8 Å². The van der Waals surface area contributed by atoms with E-state index >= 15 is 0 Å². The quantitative estimate of drug-likeness (QED) is 0.872. The Bertz CT molecular complexity index is 760. The lowest BCUT2D eigenvalue weighted by molar-refractivity contribution is 0.0822. The largest absolute Gasteiger partial charge is 0.376 e. The van der Waals surface area contributed by atoms with Gasteiger partial charge in [0.05, 0.1) is 6.10 Å². The molecule has 0 saturated carbocycles. The Labute approximate surface area is 159 Å². The lowest BCUT2D eigenvalue weighted by Gasteiger charge is -2.32. The zero-order valence-electron chi connectivity index (χ0n) is 15.7. The smallest absolute Gasteiger partial charge is 0.316 e. The van der Waals surface area contributed by atoms with E-state index in [1.165, 1.54) is 18.5 Å². The van der Waals surface area contributed by atoms with Gasteiger partial charge in [-0.15, -0.1) is 0 Å². The molecule has 0 bridgehead atoms. The molecule has 4 rings (SSSR count). The Balaban J connectivity index is 1.36. The number of benzene rings is 1. The molecule has 0 spiro atoms. The predicted molar refractivity (Wildman–Crippen MR) is 102 cm³/mol. The number of carbonyl (C=O) groups is 1. The summed E-state index contributed by atoms with van der Waals surface area (Å²) >= 11 is 0. The molecule has 2 aromatic rings. The number of hydrogen-bond acceptors (Lipinski definition) is 6. The molecular formula is C20H26N4O3. The van der Waals surface area contributed by atoms with Gasteiger partial charge in [-0.2, -0.15) is 4.98 Å². The first-order valence-corrected chi connectivity index (χ1v) is 9.78. The second kappa shape index (κ2) is 8.08. The maximum absolute atomic E-state index is 12.2. The molecule has 2 aliphatic rings. The van der Waals surface area contributed by atoms with Crippen LogP contribution >= 0.6 is 0 Å². The third-order valence-corrected chi connectivity index (χ3v) is 5.41. The highest BCUT2D eigenvalue weighted by atomic mass is 16.5. The summed E-state index contributed by atoms with van der Waals surface area (Å²) in [4.78, 5) is 18.8. The van der Waals surface area contributed by atoms with E-state index in [2.05, 4.69) is 39.4 Å². The van der Waals surface area contributed by atoms with Crippen molar-refractivity contribution < 1.29 is 14.1 Å². The highest BCUT2D eigenvalue weighted by Gasteiger charge is 2.20. The maximum Gasteiger partial charge on any atom is 0.316 e. The van der Waals surface area contributed by atoms with E-state index in [9.17, 15) is 4.79 Å². The molecule has 144 valence electrons. The SMILES string of the molecule is CC1CCN(c2ccc(-c3noc(C(=O)NC[C@@H]4CCCO4)n3)cc2)CC1. The van der Waals surface area contributed by atoms with Crippen LogP contribution in [-0.2, 0) is 4.74 Å². The molecule has 1 aromatic heterocycles. The van der Waals surface area contributed by atoms with Gasteiger partial charge in [0.15, 0.2) is 0 Å². The summed E-state index contributed by atoms with van der Waals surface area (Å²) in [6.07, 6.45) is 4.56. The monoisotopic (exact) mass is 370 g/mol. The number of ether oxygens (including phenoxy) is 1. The number of nitrogens with zero attached hydrogens (tertiary/aromatic N) is 3. The van der Waals surface area contributed by atoms with E-state index in [0.717, 1.165) is 44.0 Å². The molecule has 0 aliphatic carbocycles. The normalized spacial score (nSPS) is 20.8. The van der Waals surface area contributed by atoms with Crippen molar-refractivity contribution in [2.24, 2.45) is 5.92 Å². The molecule has 7 nitrogen and oxygen atoms in total. The summed E-state index contributed by atoms with van der Waals surface area (Å²) in [5.74, 6) is 0.862. The van der Waals surface area contributed by atoms with E-state index in [-0.39, 0.29) is 17.9 Å². The maximum atomic E-state index is 12.2. The average Bonchev–Trinajstić information content (AvgIpc) is 3.39. The van der Waals surface area contributed by atoms with Crippen LogP contribution in [-0.4, -0.2) is 48.4 Å². The number of nitrogens with one attached hydrogen (secondary N) is 1. The van der Waals surface area contributed by atoms with Crippen molar-refractivity contribution in [1.82, 2.24) is 15.5 Å². The van der Waals surface area contributed by atoms with Gasteiger partial charge in [-0.1, -0.05) is 12.1 Å².